The van der Waals surface area contributed by atoms with Crippen LogP contribution in [-0.4, -0.2) is 33.0 Å². The molecule has 0 aliphatic rings. The average molecular weight is 305 g/mol. The van der Waals surface area contributed by atoms with Crippen molar-refractivity contribution in [3.63, 3.8) is 0 Å². The van der Waals surface area contributed by atoms with Gasteiger partial charge in [0.15, 0.2) is 0 Å². The summed E-state index contributed by atoms with van der Waals surface area (Å²) in [6, 6.07) is 5.67. The standard InChI is InChI=1S/C15H22F3NO2/c1-4-19-14(7-8-21-10-15(16,17)18)13-6-5-12(20-3)9-11(13)2/h5-6,9,14,19H,4,7-8,10H2,1-3H3. The van der Waals surface area contributed by atoms with E-state index in [-0.39, 0.29) is 12.6 Å². The third-order valence-electron chi connectivity index (χ3n) is 3.12. The lowest BCUT2D eigenvalue weighted by molar-refractivity contribution is -0.174. The Morgan fingerprint density at radius 3 is 2.52 bits per heavy atom. The van der Waals surface area contributed by atoms with Crippen molar-refractivity contribution in [2.45, 2.75) is 32.5 Å². The van der Waals surface area contributed by atoms with Crippen LogP contribution < -0.4 is 10.1 Å². The molecule has 1 atom stereocenters. The van der Waals surface area contributed by atoms with Gasteiger partial charge in [0.2, 0.25) is 0 Å². The summed E-state index contributed by atoms with van der Waals surface area (Å²) in [6.07, 6.45) is -3.79. The summed E-state index contributed by atoms with van der Waals surface area (Å²) in [4.78, 5) is 0. The first-order chi connectivity index (χ1) is 9.87. The fourth-order valence-electron chi connectivity index (χ4n) is 2.17. The molecule has 3 nitrogen and oxygen atoms in total. The molecule has 1 N–H and O–H groups in total. The number of aryl methyl sites for hydroxylation is 1. The van der Waals surface area contributed by atoms with E-state index in [0.29, 0.717) is 6.42 Å². The second-order valence-corrected chi connectivity index (χ2v) is 4.79. The lowest BCUT2D eigenvalue weighted by atomic mass is 9.98. The second-order valence-electron chi connectivity index (χ2n) is 4.79. The van der Waals surface area contributed by atoms with Crippen LogP contribution in [0.2, 0.25) is 0 Å². The molecule has 0 aromatic heterocycles. The summed E-state index contributed by atoms with van der Waals surface area (Å²) in [5, 5.41) is 3.27. The molecule has 21 heavy (non-hydrogen) atoms. The van der Waals surface area contributed by atoms with Crippen molar-refractivity contribution in [3.05, 3.63) is 29.3 Å². The molecule has 0 aliphatic heterocycles. The molecule has 0 aliphatic carbocycles. The summed E-state index contributed by atoms with van der Waals surface area (Å²) in [5.41, 5.74) is 2.09. The highest BCUT2D eigenvalue weighted by atomic mass is 19.4. The van der Waals surface area contributed by atoms with E-state index in [1.54, 1.807) is 7.11 Å². The molecule has 6 heteroatoms. The monoisotopic (exact) mass is 305 g/mol. The predicted molar refractivity (Wildman–Crippen MR) is 75.6 cm³/mol. The van der Waals surface area contributed by atoms with Crippen molar-refractivity contribution < 1.29 is 22.6 Å². The molecule has 0 saturated carbocycles. The summed E-state index contributed by atoms with van der Waals surface area (Å²) in [5.74, 6) is 0.764. The minimum absolute atomic E-state index is 0.0332. The van der Waals surface area contributed by atoms with Gasteiger partial charge in [-0.25, -0.2) is 0 Å². The first-order valence-electron chi connectivity index (χ1n) is 6.89. The van der Waals surface area contributed by atoms with E-state index in [2.05, 4.69) is 5.32 Å². The number of hydrogen-bond donors (Lipinski definition) is 1. The van der Waals surface area contributed by atoms with Crippen LogP contribution in [0.15, 0.2) is 18.2 Å². The molecule has 0 bridgehead atoms. The first-order valence-corrected chi connectivity index (χ1v) is 6.89. The Balaban J connectivity index is 2.64. The number of benzene rings is 1. The maximum atomic E-state index is 12.0. The highest BCUT2D eigenvalue weighted by Gasteiger charge is 2.27. The molecule has 0 amide bonds. The van der Waals surface area contributed by atoms with E-state index < -0.39 is 12.8 Å². The van der Waals surface area contributed by atoms with Crippen LogP contribution in [0.5, 0.6) is 5.75 Å². The number of methoxy groups -OCH3 is 1. The molecule has 1 unspecified atom stereocenters. The van der Waals surface area contributed by atoms with Gasteiger partial charge in [-0.3, -0.25) is 0 Å². The van der Waals surface area contributed by atoms with Crippen LogP contribution in [0.3, 0.4) is 0 Å². The van der Waals surface area contributed by atoms with E-state index in [0.717, 1.165) is 23.4 Å². The van der Waals surface area contributed by atoms with Gasteiger partial charge in [-0.05, 0) is 43.1 Å². The Hall–Kier alpha value is -1.27. The first kappa shape index (κ1) is 17.8. The molecular formula is C15H22F3NO2. The van der Waals surface area contributed by atoms with Crippen LogP contribution in [0.4, 0.5) is 13.2 Å². The van der Waals surface area contributed by atoms with Gasteiger partial charge >= 0.3 is 6.18 Å². The molecular weight excluding hydrogens is 283 g/mol. The van der Waals surface area contributed by atoms with Gasteiger partial charge in [-0.15, -0.1) is 0 Å². The zero-order valence-electron chi connectivity index (χ0n) is 12.6. The summed E-state index contributed by atoms with van der Waals surface area (Å²) in [7, 11) is 1.60. The fourth-order valence-corrected chi connectivity index (χ4v) is 2.17. The van der Waals surface area contributed by atoms with Crippen molar-refractivity contribution in [3.8, 4) is 5.75 Å². The van der Waals surface area contributed by atoms with E-state index >= 15 is 0 Å². The molecule has 1 aromatic rings. The van der Waals surface area contributed by atoms with Crippen LogP contribution in [0.25, 0.3) is 0 Å². The minimum Gasteiger partial charge on any atom is -0.497 e. The summed E-state index contributed by atoms with van der Waals surface area (Å²) < 4.78 is 46.0. The van der Waals surface area contributed by atoms with Crippen molar-refractivity contribution in [1.82, 2.24) is 5.32 Å². The topological polar surface area (TPSA) is 30.5 Å². The summed E-state index contributed by atoms with van der Waals surface area (Å²) >= 11 is 0. The van der Waals surface area contributed by atoms with Crippen LogP contribution in [-0.2, 0) is 4.74 Å². The van der Waals surface area contributed by atoms with E-state index in [4.69, 9.17) is 9.47 Å². The Bertz CT molecular complexity index is 435. The number of hydrogen-bond acceptors (Lipinski definition) is 3. The third kappa shape index (κ3) is 6.35. The van der Waals surface area contributed by atoms with Crippen molar-refractivity contribution in [1.29, 1.82) is 0 Å². The third-order valence-corrected chi connectivity index (χ3v) is 3.12. The van der Waals surface area contributed by atoms with E-state index in [1.165, 1.54) is 0 Å². The van der Waals surface area contributed by atoms with Crippen LogP contribution >= 0.6 is 0 Å². The SMILES string of the molecule is CCNC(CCOCC(F)(F)F)c1ccc(OC)cc1C. The van der Waals surface area contributed by atoms with Gasteiger partial charge < -0.3 is 14.8 Å². The maximum absolute atomic E-state index is 12.0. The van der Waals surface area contributed by atoms with Gasteiger partial charge in [0.25, 0.3) is 0 Å². The number of ether oxygens (including phenoxy) is 2. The Kier molecular flexibility index (Phi) is 6.98. The van der Waals surface area contributed by atoms with Crippen molar-refractivity contribution >= 4 is 0 Å². The number of halogens is 3. The molecule has 0 radical (unpaired) electrons. The number of rotatable bonds is 8. The van der Waals surface area contributed by atoms with Crippen molar-refractivity contribution in [2.75, 3.05) is 26.9 Å². The fraction of sp³-hybridized carbons (Fsp3) is 0.600. The van der Waals surface area contributed by atoms with Gasteiger partial charge in [-0.2, -0.15) is 13.2 Å². The molecule has 0 fully saturated rings. The van der Waals surface area contributed by atoms with Gasteiger partial charge in [0.1, 0.15) is 12.4 Å². The highest BCUT2D eigenvalue weighted by Crippen LogP contribution is 2.25. The Labute approximate surface area is 123 Å². The Morgan fingerprint density at radius 1 is 1.29 bits per heavy atom. The normalized spacial score (nSPS) is 13.2. The average Bonchev–Trinajstić information content (AvgIpc) is 2.41. The smallest absolute Gasteiger partial charge is 0.411 e. The zero-order valence-corrected chi connectivity index (χ0v) is 12.6. The molecule has 120 valence electrons. The molecule has 0 saturated heterocycles. The van der Waals surface area contributed by atoms with Gasteiger partial charge in [0.05, 0.1) is 7.11 Å². The van der Waals surface area contributed by atoms with Crippen molar-refractivity contribution in [2.24, 2.45) is 0 Å². The number of alkyl halides is 3. The van der Waals surface area contributed by atoms with Gasteiger partial charge in [0, 0.05) is 12.6 Å². The van der Waals surface area contributed by atoms with E-state index in [1.807, 2.05) is 32.0 Å². The Morgan fingerprint density at radius 2 is 2.00 bits per heavy atom. The second kappa shape index (κ2) is 8.24. The van der Waals surface area contributed by atoms with E-state index in [9.17, 15) is 13.2 Å². The van der Waals surface area contributed by atoms with Crippen LogP contribution in [0.1, 0.15) is 30.5 Å². The molecule has 1 rings (SSSR count). The molecule has 0 spiro atoms. The lowest BCUT2D eigenvalue weighted by Gasteiger charge is -2.21. The zero-order chi connectivity index (χ0) is 15.9. The summed E-state index contributed by atoms with van der Waals surface area (Å²) in [6.45, 7) is 3.51. The largest absolute Gasteiger partial charge is 0.497 e. The predicted octanol–water partition coefficient (Wildman–Crippen LogP) is 3.62. The maximum Gasteiger partial charge on any atom is 0.411 e. The lowest BCUT2D eigenvalue weighted by Crippen LogP contribution is -2.24. The number of nitrogens with one attached hydrogen (secondary N) is 1. The molecule has 1 aromatic carbocycles. The van der Waals surface area contributed by atoms with Crippen LogP contribution in [0, 0.1) is 6.92 Å². The van der Waals surface area contributed by atoms with Gasteiger partial charge in [-0.1, -0.05) is 13.0 Å². The molecule has 0 heterocycles. The quantitative estimate of drug-likeness (QED) is 0.744. The highest BCUT2D eigenvalue weighted by molar-refractivity contribution is 5.36. The minimum atomic E-state index is -4.27.